The summed E-state index contributed by atoms with van der Waals surface area (Å²) in [5.41, 5.74) is 0.793. The lowest BCUT2D eigenvalue weighted by Crippen LogP contribution is -2.52. The van der Waals surface area contributed by atoms with Crippen LogP contribution in [0.3, 0.4) is 0 Å². The van der Waals surface area contributed by atoms with Crippen molar-refractivity contribution in [2.45, 2.75) is 25.4 Å². The summed E-state index contributed by atoms with van der Waals surface area (Å²) in [5, 5.41) is 0. The van der Waals surface area contributed by atoms with Crippen LogP contribution in [0.4, 0.5) is 5.69 Å². The van der Waals surface area contributed by atoms with Crippen molar-refractivity contribution in [3.63, 3.8) is 0 Å². The number of ether oxygens (including phenoxy) is 2. The minimum absolute atomic E-state index is 0.00335. The maximum Gasteiger partial charge on any atom is 0.228 e. The average Bonchev–Trinajstić information content (AvgIpc) is 3.37. The Morgan fingerprint density at radius 2 is 2.07 bits per heavy atom. The lowest BCUT2D eigenvalue weighted by atomic mass is 10.1. The van der Waals surface area contributed by atoms with Gasteiger partial charge in [0.25, 0.3) is 0 Å². The molecule has 3 fully saturated rings. The third-order valence-corrected chi connectivity index (χ3v) is 6.01. The van der Waals surface area contributed by atoms with Gasteiger partial charge in [0, 0.05) is 64.0 Å². The molecule has 4 rings (SSSR count). The molecule has 7 heteroatoms. The molecule has 0 N–H and O–H groups in total. The molecule has 2 atom stereocenters. The molecule has 0 spiro atoms. The van der Waals surface area contributed by atoms with E-state index in [0.29, 0.717) is 18.4 Å². The van der Waals surface area contributed by atoms with Gasteiger partial charge in [-0.3, -0.25) is 14.5 Å². The van der Waals surface area contributed by atoms with E-state index in [1.807, 2.05) is 29.2 Å². The van der Waals surface area contributed by atoms with Crippen molar-refractivity contribution >= 4 is 17.5 Å². The van der Waals surface area contributed by atoms with E-state index in [1.165, 1.54) is 0 Å². The van der Waals surface area contributed by atoms with Gasteiger partial charge in [-0.2, -0.15) is 0 Å². The summed E-state index contributed by atoms with van der Waals surface area (Å²) in [6.07, 6.45) is 2.93. The first-order valence-corrected chi connectivity index (χ1v) is 10.2. The highest BCUT2D eigenvalue weighted by atomic mass is 16.5. The van der Waals surface area contributed by atoms with Crippen LogP contribution in [-0.2, 0) is 14.3 Å². The number of piperazine rings is 1. The lowest BCUT2D eigenvalue weighted by Gasteiger charge is -2.36. The van der Waals surface area contributed by atoms with Crippen molar-refractivity contribution in [3.05, 3.63) is 24.3 Å². The molecule has 0 aliphatic carbocycles. The number of amides is 2. The summed E-state index contributed by atoms with van der Waals surface area (Å²) in [5.74, 6) is 0.560. The van der Waals surface area contributed by atoms with Crippen LogP contribution >= 0.6 is 0 Å². The molecule has 0 bridgehead atoms. The number of hydrogen-bond acceptors (Lipinski definition) is 5. The summed E-state index contributed by atoms with van der Waals surface area (Å²) < 4.78 is 11.0. The molecule has 28 heavy (non-hydrogen) atoms. The Morgan fingerprint density at radius 1 is 1.25 bits per heavy atom. The van der Waals surface area contributed by atoms with Crippen molar-refractivity contribution in [1.82, 2.24) is 9.80 Å². The molecule has 2 unspecified atom stereocenters. The molecule has 3 aliphatic heterocycles. The van der Waals surface area contributed by atoms with Crippen LogP contribution in [0, 0.1) is 5.92 Å². The van der Waals surface area contributed by atoms with E-state index in [4.69, 9.17) is 9.47 Å². The Labute approximate surface area is 166 Å². The number of rotatable bonds is 5. The van der Waals surface area contributed by atoms with Crippen LogP contribution in [0.5, 0.6) is 5.75 Å². The second-order valence-corrected chi connectivity index (χ2v) is 7.87. The topological polar surface area (TPSA) is 62.3 Å². The molecule has 3 aliphatic rings. The quantitative estimate of drug-likeness (QED) is 0.764. The Kier molecular flexibility index (Phi) is 5.82. The number of methoxy groups -OCH3 is 1. The minimum atomic E-state index is -0.261. The minimum Gasteiger partial charge on any atom is -0.497 e. The predicted octanol–water partition coefficient (Wildman–Crippen LogP) is 1.37. The lowest BCUT2D eigenvalue weighted by molar-refractivity contribution is -0.137. The van der Waals surface area contributed by atoms with E-state index in [-0.39, 0.29) is 24.2 Å². The molecule has 2 amide bonds. The SMILES string of the molecule is COc1cccc(N2CC(C(=O)N3CCN(CC4CCCO4)CC3)CC2=O)c1. The van der Waals surface area contributed by atoms with Crippen molar-refractivity contribution in [2.24, 2.45) is 5.92 Å². The molecule has 7 nitrogen and oxygen atoms in total. The van der Waals surface area contributed by atoms with Gasteiger partial charge in [-0.25, -0.2) is 0 Å². The molecule has 3 heterocycles. The van der Waals surface area contributed by atoms with Crippen LogP contribution in [-0.4, -0.2) is 80.7 Å². The van der Waals surface area contributed by atoms with Gasteiger partial charge < -0.3 is 19.3 Å². The van der Waals surface area contributed by atoms with E-state index >= 15 is 0 Å². The number of nitrogens with zero attached hydrogens (tertiary/aromatic N) is 3. The number of carbonyl (C=O) groups excluding carboxylic acids is 2. The number of carbonyl (C=O) groups is 2. The van der Waals surface area contributed by atoms with Gasteiger partial charge in [-0.05, 0) is 25.0 Å². The molecule has 3 saturated heterocycles. The highest BCUT2D eigenvalue weighted by molar-refractivity contribution is 6.00. The van der Waals surface area contributed by atoms with Crippen LogP contribution in [0.15, 0.2) is 24.3 Å². The van der Waals surface area contributed by atoms with E-state index in [0.717, 1.165) is 57.9 Å². The first-order chi connectivity index (χ1) is 13.6. The van der Waals surface area contributed by atoms with Crippen molar-refractivity contribution in [3.8, 4) is 5.75 Å². The average molecular weight is 387 g/mol. The van der Waals surface area contributed by atoms with Gasteiger partial charge in [-0.1, -0.05) is 6.07 Å². The standard InChI is InChI=1S/C21H29N3O4/c1-27-18-5-2-4-17(13-18)24-14-16(12-20(24)25)21(26)23-9-7-22(8-10-23)15-19-6-3-11-28-19/h2,4-5,13,16,19H,3,6-12,14-15H2,1H3. The third kappa shape index (κ3) is 4.15. The fourth-order valence-electron chi connectivity index (χ4n) is 4.39. The van der Waals surface area contributed by atoms with Crippen LogP contribution in [0.2, 0.25) is 0 Å². The zero-order chi connectivity index (χ0) is 19.5. The number of anilines is 1. The van der Waals surface area contributed by atoms with E-state index in [2.05, 4.69) is 4.90 Å². The van der Waals surface area contributed by atoms with Gasteiger partial charge in [0.05, 0.1) is 19.1 Å². The first-order valence-electron chi connectivity index (χ1n) is 10.2. The van der Waals surface area contributed by atoms with Crippen molar-refractivity contribution in [2.75, 3.05) is 57.9 Å². The fraction of sp³-hybridized carbons (Fsp3) is 0.619. The van der Waals surface area contributed by atoms with Gasteiger partial charge in [0.15, 0.2) is 0 Å². The molecular weight excluding hydrogens is 358 g/mol. The Balaban J connectivity index is 1.31. The van der Waals surface area contributed by atoms with Gasteiger partial charge in [0.2, 0.25) is 11.8 Å². The molecular formula is C21H29N3O4. The van der Waals surface area contributed by atoms with Gasteiger partial charge >= 0.3 is 0 Å². The summed E-state index contributed by atoms with van der Waals surface area (Å²) in [4.78, 5) is 31.5. The summed E-state index contributed by atoms with van der Waals surface area (Å²) >= 11 is 0. The van der Waals surface area contributed by atoms with Crippen molar-refractivity contribution in [1.29, 1.82) is 0 Å². The highest BCUT2D eigenvalue weighted by Crippen LogP contribution is 2.29. The molecule has 152 valence electrons. The summed E-state index contributed by atoms with van der Waals surface area (Å²) in [6, 6.07) is 7.44. The van der Waals surface area contributed by atoms with Crippen LogP contribution in [0.1, 0.15) is 19.3 Å². The molecule has 1 aromatic carbocycles. The fourth-order valence-corrected chi connectivity index (χ4v) is 4.39. The van der Waals surface area contributed by atoms with E-state index < -0.39 is 0 Å². The molecule has 1 aromatic rings. The maximum atomic E-state index is 13.0. The zero-order valence-electron chi connectivity index (χ0n) is 16.5. The monoisotopic (exact) mass is 387 g/mol. The predicted molar refractivity (Wildman–Crippen MR) is 105 cm³/mol. The largest absolute Gasteiger partial charge is 0.497 e. The second kappa shape index (κ2) is 8.49. The third-order valence-electron chi connectivity index (χ3n) is 6.01. The second-order valence-electron chi connectivity index (χ2n) is 7.87. The van der Waals surface area contributed by atoms with E-state index in [9.17, 15) is 9.59 Å². The normalized spacial score (nSPS) is 26.1. The van der Waals surface area contributed by atoms with Crippen molar-refractivity contribution < 1.29 is 19.1 Å². The number of hydrogen-bond donors (Lipinski definition) is 0. The number of benzene rings is 1. The van der Waals surface area contributed by atoms with E-state index in [1.54, 1.807) is 12.0 Å². The Hall–Kier alpha value is -2.12. The first kappa shape index (κ1) is 19.2. The van der Waals surface area contributed by atoms with Gasteiger partial charge in [-0.15, -0.1) is 0 Å². The Morgan fingerprint density at radius 3 is 2.79 bits per heavy atom. The summed E-state index contributed by atoms with van der Waals surface area (Å²) in [6.45, 7) is 5.51. The van der Waals surface area contributed by atoms with Gasteiger partial charge in [0.1, 0.15) is 5.75 Å². The molecule has 0 aromatic heterocycles. The highest BCUT2D eigenvalue weighted by Gasteiger charge is 2.38. The zero-order valence-corrected chi connectivity index (χ0v) is 16.5. The smallest absolute Gasteiger partial charge is 0.228 e. The summed E-state index contributed by atoms with van der Waals surface area (Å²) in [7, 11) is 1.61. The molecule has 0 saturated carbocycles. The van der Waals surface area contributed by atoms with Crippen LogP contribution < -0.4 is 9.64 Å². The Bertz CT molecular complexity index is 711. The maximum absolute atomic E-state index is 13.0. The molecule has 0 radical (unpaired) electrons. The van der Waals surface area contributed by atoms with Crippen LogP contribution in [0.25, 0.3) is 0 Å².